The second-order valence-corrected chi connectivity index (χ2v) is 5.61. The van der Waals surface area contributed by atoms with E-state index in [2.05, 4.69) is 0 Å². The maximum absolute atomic E-state index is 12.7. The molecule has 1 aromatic carbocycles. The molecule has 0 bridgehead atoms. The molecule has 0 unspecified atom stereocenters. The fraction of sp³-hybridized carbons (Fsp3) is 0.533. The summed E-state index contributed by atoms with van der Waals surface area (Å²) in [6, 6.07) is 7.00. The van der Waals surface area contributed by atoms with Crippen LogP contribution < -0.4 is 4.74 Å². The van der Waals surface area contributed by atoms with E-state index in [-0.39, 0.29) is 6.54 Å². The van der Waals surface area contributed by atoms with Crippen LogP contribution in [0.25, 0.3) is 0 Å². The van der Waals surface area contributed by atoms with Crippen LogP contribution in [0.3, 0.4) is 0 Å². The maximum Gasteiger partial charge on any atom is 0.419 e. The van der Waals surface area contributed by atoms with Gasteiger partial charge in [-0.05, 0) is 26.0 Å². The van der Waals surface area contributed by atoms with Gasteiger partial charge in [-0.2, -0.15) is 13.2 Å². The fourth-order valence-corrected chi connectivity index (χ4v) is 2.34. The number of aliphatic hydroxyl groups is 1. The standard InChI is InChI=1S/C15H18F3NO3/c1-10-3-5-12(6-4-10)22-11(2)13(20)19-8-7-14(21,9-19)15(16,17)18/h3-6,11,21H,7-9H2,1-2H3/t11-,14-/m0/s1. The summed E-state index contributed by atoms with van der Waals surface area (Å²) in [5.74, 6) is -0.0996. The van der Waals surface area contributed by atoms with Crippen molar-refractivity contribution in [1.82, 2.24) is 4.90 Å². The van der Waals surface area contributed by atoms with Gasteiger partial charge in [0.1, 0.15) is 5.75 Å². The van der Waals surface area contributed by atoms with E-state index in [1.807, 2.05) is 19.1 Å². The third kappa shape index (κ3) is 3.35. The predicted octanol–water partition coefficient (Wildman–Crippen LogP) is 2.29. The molecule has 0 radical (unpaired) electrons. The number of benzene rings is 1. The van der Waals surface area contributed by atoms with Gasteiger partial charge in [-0.1, -0.05) is 17.7 Å². The molecule has 0 saturated carbocycles. The van der Waals surface area contributed by atoms with Crippen molar-refractivity contribution < 1.29 is 27.8 Å². The van der Waals surface area contributed by atoms with Crippen LogP contribution in [0.1, 0.15) is 18.9 Å². The molecule has 1 aliphatic rings. The zero-order valence-corrected chi connectivity index (χ0v) is 12.4. The number of nitrogens with zero attached hydrogens (tertiary/aromatic N) is 1. The minimum absolute atomic E-state index is 0.142. The lowest BCUT2D eigenvalue weighted by Gasteiger charge is -2.27. The Bertz CT molecular complexity index is 544. The van der Waals surface area contributed by atoms with Crippen molar-refractivity contribution in [2.45, 2.75) is 38.1 Å². The number of alkyl halides is 3. The summed E-state index contributed by atoms with van der Waals surface area (Å²) in [5.41, 5.74) is -1.80. The first kappa shape index (κ1) is 16.6. The molecule has 4 nitrogen and oxygen atoms in total. The second kappa shape index (κ2) is 5.79. The van der Waals surface area contributed by atoms with Gasteiger partial charge in [0.2, 0.25) is 0 Å². The van der Waals surface area contributed by atoms with Crippen LogP contribution in [0.5, 0.6) is 5.75 Å². The van der Waals surface area contributed by atoms with Crippen LogP contribution in [-0.4, -0.2) is 46.9 Å². The predicted molar refractivity (Wildman–Crippen MR) is 73.5 cm³/mol. The van der Waals surface area contributed by atoms with Gasteiger partial charge in [-0.25, -0.2) is 0 Å². The average molecular weight is 317 g/mol. The van der Waals surface area contributed by atoms with Gasteiger partial charge in [0.25, 0.3) is 5.91 Å². The van der Waals surface area contributed by atoms with E-state index in [1.165, 1.54) is 6.92 Å². The normalized spacial score (nSPS) is 23.5. The Morgan fingerprint density at radius 1 is 1.36 bits per heavy atom. The summed E-state index contributed by atoms with van der Waals surface area (Å²) in [7, 11) is 0. The molecule has 1 fully saturated rings. The highest BCUT2D eigenvalue weighted by molar-refractivity contribution is 5.81. The number of carbonyl (C=O) groups excluding carboxylic acids is 1. The van der Waals surface area contributed by atoms with Crippen LogP contribution in [0.4, 0.5) is 13.2 Å². The molecule has 0 spiro atoms. The van der Waals surface area contributed by atoms with Gasteiger partial charge < -0.3 is 14.7 Å². The van der Waals surface area contributed by atoms with Gasteiger partial charge in [-0.3, -0.25) is 4.79 Å². The molecule has 1 N–H and O–H groups in total. The number of hydrogen-bond acceptors (Lipinski definition) is 3. The molecule has 22 heavy (non-hydrogen) atoms. The number of rotatable bonds is 3. The summed E-state index contributed by atoms with van der Waals surface area (Å²) in [5, 5.41) is 9.59. The van der Waals surface area contributed by atoms with Crippen molar-refractivity contribution in [3.63, 3.8) is 0 Å². The van der Waals surface area contributed by atoms with Crippen molar-refractivity contribution in [3.8, 4) is 5.75 Å². The highest BCUT2D eigenvalue weighted by Crippen LogP contribution is 2.37. The Morgan fingerprint density at radius 2 is 1.95 bits per heavy atom. The summed E-state index contributed by atoms with van der Waals surface area (Å²) < 4.78 is 43.7. The molecular weight excluding hydrogens is 299 g/mol. The topological polar surface area (TPSA) is 49.8 Å². The van der Waals surface area contributed by atoms with Crippen LogP contribution in [0.15, 0.2) is 24.3 Å². The third-order valence-corrected chi connectivity index (χ3v) is 3.77. The highest BCUT2D eigenvalue weighted by atomic mass is 19.4. The van der Waals surface area contributed by atoms with Crippen LogP contribution in [0, 0.1) is 6.92 Å². The average Bonchev–Trinajstić information content (AvgIpc) is 2.84. The fourth-order valence-electron chi connectivity index (χ4n) is 2.34. The summed E-state index contributed by atoms with van der Waals surface area (Å²) >= 11 is 0. The van der Waals surface area contributed by atoms with Crippen LogP contribution in [0.2, 0.25) is 0 Å². The number of amides is 1. The SMILES string of the molecule is Cc1ccc(O[C@@H](C)C(=O)N2CC[C@@](O)(C(F)(F)F)C2)cc1. The second-order valence-electron chi connectivity index (χ2n) is 5.61. The largest absolute Gasteiger partial charge is 0.481 e. The van der Waals surface area contributed by atoms with E-state index in [1.54, 1.807) is 12.1 Å². The van der Waals surface area contributed by atoms with Crippen LogP contribution in [-0.2, 0) is 4.79 Å². The van der Waals surface area contributed by atoms with E-state index in [0.29, 0.717) is 5.75 Å². The van der Waals surface area contributed by atoms with Gasteiger partial charge >= 0.3 is 6.18 Å². The van der Waals surface area contributed by atoms with E-state index in [9.17, 15) is 23.1 Å². The van der Waals surface area contributed by atoms with Crippen molar-refractivity contribution in [2.24, 2.45) is 0 Å². The number of aryl methyl sites for hydroxylation is 1. The number of β-amino-alcohol motifs (C(OH)–C–C–N with tert-alkyl or cyclic N) is 1. The minimum Gasteiger partial charge on any atom is -0.481 e. The number of ether oxygens (including phenoxy) is 1. The van der Waals surface area contributed by atoms with Gasteiger partial charge in [0.05, 0.1) is 6.54 Å². The van der Waals surface area contributed by atoms with Gasteiger partial charge in [-0.15, -0.1) is 0 Å². The number of likely N-dealkylation sites (tertiary alicyclic amines) is 1. The monoisotopic (exact) mass is 317 g/mol. The lowest BCUT2D eigenvalue weighted by atomic mass is 10.0. The molecule has 2 rings (SSSR count). The van der Waals surface area contributed by atoms with Crippen LogP contribution >= 0.6 is 0 Å². The quantitative estimate of drug-likeness (QED) is 0.930. The molecule has 2 atom stereocenters. The molecule has 7 heteroatoms. The lowest BCUT2D eigenvalue weighted by Crippen LogP contribution is -2.49. The minimum atomic E-state index is -4.75. The molecule has 122 valence electrons. The Kier molecular flexibility index (Phi) is 4.37. The number of halogens is 3. The van der Waals surface area contributed by atoms with Crippen molar-refractivity contribution in [1.29, 1.82) is 0 Å². The molecule has 0 aromatic heterocycles. The summed E-state index contributed by atoms with van der Waals surface area (Å²) in [6.45, 7) is 2.49. The zero-order valence-electron chi connectivity index (χ0n) is 12.4. The van der Waals surface area contributed by atoms with Gasteiger partial charge in [0.15, 0.2) is 11.7 Å². The Hall–Kier alpha value is -1.76. The van der Waals surface area contributed by atoms with Crippen molar-refractivity contribution in [3.05, 3.63) is 29.8 Å². The molecule has 1 aliphatic heterocycles. The molecule has 1 saturated heterocycles. The first-order chi connectivity index (χ1) is 10.1. The van der Waals surface area contributed by atoms with Crippen molar-refractivity contribution in [2.75, 3.05) is 13.1 Å². The maximum atomic E-state index is 12.7. The number of carbonyl (C=O) groups is 1. The molecular formula is C15H18F3NO3. The van der Waals surface area contributed by atoms with Gasteiger partial charge in [0, 0.05) is 13.0 Å². The first-order valence-electron chi connectivity index (χ1n) is 6.94. The van der Waals surface area contributed by atoms with E-state index >= 15 is 0 Å². The van der Waals surface area contributed by atoms with Crippen molar-refractivity contribution >= 4 is 5.91 Å². The first-order valence-corrected chi connectivity index (χ1v) is 6.94. The lowest BCUT2D eigenvalue weighted by molar-refractivity contribution is -0.253. The Balaban J connectivity index is 1.99. The smallest absolute Gasteiger partial charge is 0.419 e. The third-order valence-electron chi connectivity index (χ3n) is 3.77. The molecule has 1 aromatic rings. The van der Waals surface area contributed by atoms with E-state index < -0.39 is 36.8 Å². The zero-order chi connectivity index (χ0) is 16.5. The summed E-state index contributed by atoms with van der Waals surface area (Å²) in [6.07, 6.45) is -6.18. The molecule has 1 amide bonds. The molecule has 0 aliphatic carbocycles. The molecule has 1 heterocycles. The summed E-state index contributed by atoms with van der Waals surface area (Å²) in [4.78, 5) is 13.1. The number of hydrogen-bond donors (Lipinski definition) is 1. The van der Waals surface area contributed by atoms with E-state index in [4.69, 9.17) is 4.74 Å². The highest BCUT2D eigenvalue weighted by Gasteiger charge is 2.58. The Morgan fingerprint density at radius 3 is 2.45 bits per heavy atom. The Labute approximate surface area is 126 Å². The van der Waals surface area contributed by atoms with E-state index in [0.717, 1.165) is 10.5 Å².